The molecule has 2 saturated heterocycles. The summed E-state index contributed by atoms with van der Waals surface area (Å²) < 4.78 is 17.9. The van der Waals surface area contributed by atoms with Crippen molar-refractivity contribution in [3.63, 3.8) is 0 Å². The number of likely N-dealkylation sites (tertiary alicyclic amines) is 1. The average Bonchev–Trinajstić information content (AvgIpc) is 4.10. The topological polar surface area (TPSA) is 117 Å². The van der Waals surface area contributed by atoms with E-state index in [0.29, 0.717) is 27.7 Å². The molecule has 2 fully saturated rings. The van der Waals surface area contributed by atoms with Gasteiger partial charge in [0.2, 0.25) is 0 Å². The molecular weight excluding hydrogens is 951 g/mol. The van der Waals surface area contributed by atoms with Gasteiger partial charge in [0.15, 0.2) is 0 Å². The third kappa shape index (κ3) is 13.0. The summed E-state index contributed by atoms with van der Waals surface area (Å²) in [4.78, 5) is 11.2. The summed E-state index contributed by atoms with van der Waals surface area (Å²) in [7, 11) is 0. The van der Waals surface area contributed by atoms with E-state index in [1.54, 1.807) is 12.4 Å². The average molecular weight is 1010 g/mol. The fourth-order valence-electron chi connectivity index (χ4n) is 9.43. The van der Waals surface area contributed by atoms with Crippen molar-refractivity contribution in [2.24, 2.45) is 4.99 Å². The lowest BCUT2D eigenvalue weighted by Gasteiger charge is -2.23. The van der Waals surface area contributed by atoms with E-state index in [0.717, 1.165) is 126 Å². The van der Waals surface area contributed by atoms with Gasteiger partial charge in [0.05, 0.1) is 34.6 Å². The lowest BCUT2D eigenvalue weighted by molar-refractivity contribution is 0.0776. The molecule has 13 heteroatoms. The zero-order valence-electron chi connectivity index (χ0n) is 40.3. The number of ether oxygens (including phenoxy) is 3. The van der Waals surface area contributed by atoms with Crippen LogP contribution in [0.5, 0.6) is 11.5 Å². The molecule has 0 spiro atoms. The first-order valence-corrected chi connectivity index (χ1v) is 25.4. The number of aliphatic imine (C=N–C) groups is 1. The van der Waals surface area contributed by atoms with Gasteiger partial charge >= 0.3 is 0 Å². The first kappa shape index (κ1) is 50.1. The fourth-order valence-corrected chi connectivity index (χ4v) is 10.5. The number of hydrogen-bond acceptors (Lipinski definition) is 9. The zero-order valence-corrected chi connectivity index (χ0v) is 42.5. The molecule has 3 N–H and O–H groups in total. The fraction of sp³-hybridized carbons (Fsp3) is 0.293. The summed E-state index contributed by atoms with van der Waals surface area (Å²) in [6, 6.07) is 35.2. The number of hydrogen-bond donors (Lipinski definition) is 3. The van der Waals surface area contributed by atoms with Crippen LogP contribution in [0.15, 0.2) is 127 Å². The Balaban J connectivity index is 0.000000176. The molecule has 0 amide bonds. The molecule has 2 aromatic heterocycles. The van der Waals surface area contributed by atoms with Gasteiger partial charge in [0, 0.05) is 90.0 Å². The first-order chi connectivity index (χ1) is 34.5. The number of nitrogens with zero attached hydrogens (tertiary/aromatic N) is 4. The number of fused-ring (bicyclic) bond motifs is 2. The Morgan fingerprint density at radius 2 is 1.46 bits per heavy atom. The van der Waals surface area contributed by atoms with Crippen molar-refractivity contribution in [1.82, 2.24) is 25.4 Å². The molecule has 3 atom stereocenters. The minimum absolute atomic E-state index is 0.197. The molecule has 10 rings (SSSR count). The van der Waals surface area contributed by atoms with Crippen LogP contribution >= 0.6 is 34.8 Å². The molecule has 7 aromatic rings. The van der Waals surface area contributed by atoms with Crippen LogP contribution in [0.4, 0.5) is 0 Å². The Labute approximate surface area is 431 Å². The second-order valence-electron chi connectivity index (χ2n) is 18.4. The predicted octanol–water partition coefficient (Wildman–Crippen LogP) is 13.2. The highest BCUT2D eigenvalue weighted by atomic mass is 35.5. The van der Waals surface area contributed by atoms with E-state index in [1.807, 2.05) is 75.4 Å². The first-order valence-electron chi connectivity index (χ1n) is 24.3. The molecule has 71 heavy (non-hydrogen) atoms. The molecule has 1 unspecified atom stereocenters. The third-order valence-corrected chi connectivity index (χ3v) is 14.1. The highest BCUT2D eigenvalue weighted by Gasteiger charge is 2.22. The number of benzene rings is 5. The Hall–Kier alpha value is -5.82. The molecule has 3 aliphatic rings. The number of aromatic amines is 1. The van der Waals surface area contributed by atoms with Crippen molar-refractivity contribution < 1.29 is 19.3 Å². The van der Waals surface area contributed by atoms with Crippen LogP contribution in [-0.2, 0) is 24.4 Å². The number of nitrogens with one attached hydrogen (secondary N) is 2. The minimum atomic E-state index is -0.286. The van der Waals surface area contributed by atoms with Gasteiger partial charge in [0.1, 0.15) is 23.7 Å². The van der Waals surface area contributed by atoms with E-state index in [-0.39, 0.29) is 18.3 Å². The van der Waals surface area contributed by atoms with Crippen molar-refractivity contribution >= 4 is 69.6 Å². The Morgan fingerprint density at radius 3 is 2.21 bits per heavy atom. The molecule has 0 saturated carbocycles. The molecule has 0 aliphatic carbocycles. The lowest BCUT2D eigenvalue weighted by Crippen LogP contribution is -2.34. The van der Waals surface area contributed by atoms with Crippen molar-refractivity contribution in [2.75, 3.05) is 26.3 Å². The molecule has 5 aromatic carbocycles. The minimum Gasteiger partial charge on any atom is -0.486 e. The second-order valence-corrected chi connectivity index (χ2v) is 19.7. The summed E-state index contributed by atoms with van der Waals surface area (Å²) in [5, 5.41) is 23.9. The van der Waals surface area contributed by atoms with E-state index in [9.17, 15) is 5.11 Å². The van der Waals surface area contributed by atoms with Crippen LogP contribution in [0.25, 0.3) is 29.1 Å². The summed E-state index contributed by atoms with van der Waals surface area (Å²) >= 11 is 19.1. The number of aliphatic hydroxyl groups is 1. The van der Waals surface area contributed by atoms with Crippen molar-refractivity contribution in [2.45, 2.75) is 84.0 Å². The maximum Gasteiger partial charge on any atom is 0.124 e. The van der Waals surface area contributed by atoms with Crippen LogP contribution in [0, 0.1) is 6.92 Å². The van der Waals surface area contributed by atoms with Crippen LogP contribution in [0.1, 0.15) is 101 Å². The highest BCUT2D eigenvalue weighted by Crippen LogP contribution is 2.35. The predicted molar refractivity (Wildman–Crippen MR) is 289 cm³/mol. The summed E-state index contributed by atoms with van der Waals surface area (Å²) in [5.41, 5.74) is 12.6. The van der Waals surface area contributed by atoms with Crippen LogP contribution in [0.3, 0.4) is 0 Å². The van der Waals surface area contributed by atoms with Crippen LogP contribution in [-0.4, -0.2) is 69.3 Å². The van der Waals surface area contributed by atoms with Crippen LogP contribution < -0.4 is 14.8 Å². The normalized spacial score (nSPS) is 17.1. The molecule has 0 bridgehead atoms. The van der Waals surface area contributed by atoms with Gasteiger partial charge in [-0.1, -0.05) is 108 Å². The summed E-state index contributed by atoms with van der Waals surface area (Å²) in [6.45, 7) is 11.7. The molecule has 3 aliphatic heterocycles. The van der Waals surface area contributed by atoms with Crippen LogP contribution in [0.2, 0.25) is 15.1 Å². The lowest BCUT2D eigenvalue weighted by atomic mass is 10.0. The Morgan fingerprint density at radius 1 is 0.775 bits per heavy atom. The number of halogens is 3. The van der Waals surface area contributed by atoms with Crippen molar-refractivity contribution in [1.29, 1.82) is 0 Å². The zero-order chi connectivity index (χ0) is 49.3. The Kier molecular flexibility index (Phi) is 16.7. The largest absolute Gasteiger partial charge is 0.486 e. The second kappa shape index (κ2) is 23.6. The van der Waals surface area contributed by atoms with E-state index in [2.05, 4.69) is 98.2 Å². The monoisotopic (exact) mass is 1010 g/mol. The number of aryl methyl sites for hydroxylation is 1. The third-order valence-electron chi connectivity index (χ3n) is 13.2. The highest BCUT2D eigenvalue weighted by molar-refractivity contribution is 6.36. The maximum atomic E-state index is 9.78. The number of β-amino-alcohol motifs (C(OH)–C–C–N with tert-alkyl or cyclic N) is 1. The van der Waals surface area contributed by atoms with E-state index < -0.39 is 0 Å². The van der Waals surface area contributed by atoms with Gasteiger partial charge in [-0.05, 0) is 128 Å². The van der Waals surface area contributed by atoms with Crippen molar-refractivity contribution in [3.05, 3.63) is 192 Å². The maximum absolute atomic E-state index is 9.78. The molecule has 366 valence electrons. The van der Waals surface area contributed by atoms with E-state index >= 15 is 0 Å². The molecule has 10 nitrogen and oxygen atoms in total. The van der Waals surface area contributed by atoms with Gasteiger partial charge in [-0.2, -0.15) is 5.10 Å². The van der Waals surface area contributed by atoms with Crippen molar-refractivity contribution in [3.8, 4) is 11.5 Å². The number of H-pyrrole nitrogens is 1. The molecule has 5 heterocycles. The molecular formula is C58H59Cl3N6O4. The van der Waals surface area contributed by atoms with Gasteiger partial charge < -0.3 is 24.6 Å². The summed E-state index contributed by atoms with van der Waals surface area (Å²) in [6.07, 6.45) is 14.1. The smallest absolute Gasteiger partial charge is 0.124 e. The molecule has 0 radical (unpaired) electrons. The number of allylic oxidation sites excluding steroid dienone is 1. The van der Waals surface area contributed by atoms with Gasteiger partial charge in [-0.15, -0.1) is 0 Å². The number of aliphatic hydroxyl groups excluding tert-OH is 1. The number of rotatable bonds is 15. The Bertz CT molecular complexity index is 3020. The van der Waals surface area contributed by atoms with E-state index in [4.69, 9.17) is 54.0 Å². The van der Waals surface area contributed by atoms with E-state index in [1.165, 1.54) is 16.7 Å². The number of aromatic nitrogens is 3. The summed E-state index contributed by atoms with van der Waals surface area (Å²) in [5.74, 6) is 1.52. The van der Waals surface area contributed by atoms with Gasteiger partial charge in [0.25, 0.3) is 0 Å². The van der Waals surface area contributed by atoms with Gasteiger partial charge in [-0.25, -0.2) is 0 Å². The standard InChI is InChI=1S/C29H28Cl2N2O2.C29H31ClN4O2/c1-19(29-26(30)6-3-7-27(29)31)35-24-10-9-22-16-32-28(25(22)15-24)11-8-20-4-2-5-21(14-20)17-33-13-12-23(34)18-33;1-19-16-31-18-26(30)29(19)20(2)36-24-7-9-28-25(15-24)27(33-34-28)8-6-21-4-3-5-22(14-21)17-32-23-10-12-35-13-11-23/h2-11,14-15,19,23,34H,12-13,16-18H2,1H3;3-9,14-16,18,20,23,32H,10-13,17H2,1-2H3,(H,33,34)/b11-8+;8-6+/t19-,23?;20-/m11/s1. The number of pyridine rings is 1. The quantitative estimate of drug-likeness (QED) is 0.0930. The SMILES string of the molecule is C[C@@H](Oc1ccc2c(c1)C(/C=C/c1cccc(CN3CCC(O)C3)c1)=NC2)c1c(Cl)cccc1Cl.Cc1cncc(Cl)c1[C@@H](C)Oc1ccc2[nH]nc(/C=C/c3cccc(CNC4CCOCC4)c3)c2c1. The van der Waals surface area contributed by atoms with Gasteiger partial charge in [-0.3, -0.25) is 20.0 Å².